The number of carbonyl (C=O) groups excluding carboxylic acids is 1. The molecule has 1 aliphatic rings. The molecule has 2 rings (SSSR count). The molecule has 19 heavy (non-hydrogen) atoms. The predicted molar refractivity (Wildman–Crippen MR) is 77.4 cm³/mol. The number of rotatable bonds is 4. The Kier molecular flexibility index (Phi) is 4.69. The van der Waals surface area contributed by atoms with Crippen molar-refractivity contribution in [1.82, 2.24) is 4.90 Å². The molecule has 0 saturated carbocycles. The Hall–Kier alpha value is -1.23. The minimum atomic E-state index is -0.0160. The van der Waals surface area contributed by atoms with E-state index in [1.807, 2.05) is 11.0 Å². The van der Waals surface area contributed by atoms with Crippen LogP contribution in [-0.4, -0.2) is 43.4 Å². The van der Waals surface area contributed by atoms with Gasteiger partial charge in [-0.05, 0) is 24.5 Å². The number of methoxy groups -OCH3 is 2. The van der Waals surface area contributed by atoms with Gasteiger partial charge in [-0.3, -0.25) is 4.79 Å². The summed E-state index contributed by atoms with van der Waals surface area (Å²) in [6.45, 7) is 1.57. The van der Waals surface area contributed by atoms with Crippen molar-refractivity contribution in [3.63, 3.8) is 0 Å². The third-order valence-corrected chi connectivity index (χ3v) is 4.35. The van der Waals surface area contributed by atoms with Crippen LogP contribution in [0.2, 0.25) is 0 Å². The Morgan fingerprint density at radius 2 is 2.00 bits per heavy atom. The highest BCUT2D eigenvalue weighted by molar-refractivity contribution is 9.09. The third kappa shape index (κ3) is 2.86. The molecule has 0 aromatic heterocycles. The first-order valence-electron chi connectivity index (χ1n) is 6.27. The molecule has 1 fully saturated rings. The zero-order chi connectivity index (χ0) is 13.8. The van der Waals surface area contributed by atoms with Gasteiger partial charge in [0.25, 0.3) is 5.91 Å². The molecule has 1 unspecified atom stereocenters. The van der Waals surface area contributed by atoms with Gasteiger partial charge in [0.15, 0.2) is 0 Å². The van der Waals surface area contributed by atoms with Crippen molar-refractivity contribution in [2.45, 2.75) is 6.42 Å². The van der Waals surface area contributed by atoms with Crippen LogP contribution in [-0.2, 0) is 0 Å². The summed E-state index contributed by atoms with van der Waals surface area (Å²) in [5, 5.41) is 0.930. The third-order valence-electron chi connectivity index (χ3n) is 3.43. The lowest BCUT2D eigenvalue weighted by Crippen LogP contribution is -2.29. The van der Waals surface area contributed by atoms with Crippen LogP contribution in [0.15, 0.2) is 18.2 Å². The molecular formula is C14H18BrNO3. The van der Waals surface area contributed by atoms with Crippen LogP contribution < -0.4 is 9.47 Å². The Morgan fingerprint density at radius 3 is 2.47 bits per heavy atom. The van der Waals surface area contributed by atoms with E-state index in [0.29, 0.717) is 23.0 Å². The number of nitrogens with zero attached hydrogens (tertiary/aromatic N) is 1. The zero-order valence-electron chi connectivity index (χ0n) is 11.2. The summed E-state index contributed by atoms with van der Waals surface area (Å²) in [4.78, 5) is 14.5. The number of ether oxygens (including phenoxy) is 2. The van der Waals surface area contributed by atoms with Crippen molar-refractivity contribution in [2.75, 3.05) is 32.6 Å². The summed E-state index contributed by atoms with van der Waals surface area (Å²) in [6, 6.07) is 5.39. The Bertz CT molecular complexity index is 442. The monoisotopic (exact) mass is 327 g/mol. The predicted octanol–water partition coefficient (Wildman–Crippen LogP) is 2.56. The first-order chi connectivity index (χ1) is 9.21. The standard InChI is InChI=1S/C14H18BrNO3/c1-18-11-4-3-5-12(19-2)13(11)14(17)16-7-6-10(8-15)9-16/h3-5,10H,6-9H2,1-2H3. The molecule has 1 heterocycles. The number of hydrogen-bond acceptors (Lipinski definition) is 3. The van der Waals surface area contributed by atoms with Gasteiger partial charge >= 0.3 is 0 Å². The van der Waals surface area contributed by atoms with E-state index in [-0.39, 0.29) is 5.91 Å². The Labute approximate surface area is 121 Å². The van der Waals surface area contributed by atoms with Crippen molar-refractivity contribution in [3.8, 4) is 11.5 Å². The number of halogens is 1. The SMILES string of the molecule is COc1cccc(OC)c1C(=O)N1CCC(CBr)C1. The van der Waals surface area contributed by atoms with Gasteiger partial charge in [0.2, 0.25) is 0 Å². The van der Waals surface area contributed by atoms with Crippen molar-refractivity contribution >= 4 is 21.8 Å². The first kappa shape index (κ1) is 14.2. The highest BCUT2D eigenvalue weighted by Gasteiger charge is 2.29. The van der Waals surface area contributed by atoms with Crippen LogP contribution in [0.1, 0.15) is 16.8 Å². The molecule has 104 valence electrons. The van der Waals surface area contributed by atoms with Crippen LogP contribution in [0.3, 0.4) is 0 Å². The maximum Gasteiger partial charge on any atom is 0.261 e. The van der Waals surface area contributed by atoms with Gasteiger partial charge < -0.3 is 14.4 Å². The molecule has 1 saturated heterocycles. The fraction of sp³-hybridized carbons (Fsp3) is 0.500. The zero-order valence-corrected chi connectivity index (χ0v) is 12.8. The molecule has 1 aromatic rings. The highest BCUT2D eigenvalue weighted by Crippen LogP contribution is 2.31. The summed E-state index contributed by atoms with van der Waals surface area (Å²) >= 11 is 3.48. The van der Waals surface area contributed by atoms with Gasteiger partial charge in [-0.1, -0.05) is 22.0 Å². The van der Waals surface area contributed by atoms with Crippen LogP contribution in [0.4, 0.5) is 0 Å². The molecule has 1 atom stereocenters. The fourth-order valence-electron chi connectivity index (χ4n) is 2.36. The molecule has 1 amide bonds. The van der Waals surface area contributed by atoms with E-state index >= 15 is 0 Å². The van der Waals surface area contributed by atoms with Crippen molar-refractivity contribution in [3.05, 3.63) is 23.8 Å². The van der Waals surface area contributed by atoms with Gasteiger partial charge in [0.1, 0.15) is 17.1 Å². The molecule has 5 heteroatoms. The maximum absolute atomic E-state index is 12.6. The molecule has 0 spiro atoms. The van der Waals surface area contributed by atoms with Gasteiger partial charge in [-0.2, -0.15) is 0 Å². The van der Waals surface area contributed by atoms with Gasteiger partial charge in [-0.15, -0.1) is 0 Å². The lowest BCUT2D eigenvalue weighted by molar-refractivity contribution is 0.0781. The fourth-order valence-corrected chi connectivity index (χ4v) is 2.89. The van der Waals surface area contributed by atoms with Gasteiger partial charge in [0, 0.05) is 18.4 Å². The number of alkyl halides is 1. The lowest BCUT2D eigenvalue weighted by atomic mass is 10.1. The molecule has 0 bridgehead atoms. The number of amides is 1. The normalized spacial score (nSPS) is 18.5. The Morgan fingerprint density at radius 1 is 1.37 bits per heavy atom. The van der Waals surface area contributed by atoms with Crippen LogP contribution in [0, 0.1) is 5.92 Å². The van der Waals surface area contributed by atoms with E-state index in [9.17, 15) is 4.79 Å². The average molecular weight is 328 g/mol. The largest absolute Gasteiger partial charge is 0.496 e. The number of likely N-dealkylation sites (tertiary alicyclic amines) is 1. The smallest absolute Gasteiger partial charge is 0.261 e. The quantitative estimate of drug-likeness (QED) is 0.798. The van der Waals surface area contributed by atoms with Crippen molar-refractivity contribution in [1.29, 1.82) is 0 Å². The topological polar surface area (TPSA) is 38.8 Å². The molecule has 0 aliphatic carbocycles. The lowest BCUT2D eigenvalue weighted by Gasteiger charge is -2.19. The van der Waals surface area contributed by atoms with Crippen molar-refractivity contribution < 1.29 is 14.3 Å². The second kappa shape index (κ2) is 6.28. The highest BCUT2D eigenvalue weighted by atomic mass is 79.9. The maximum atomic E-state index is 12.6. The number of hydrogen-bond donors (Lipinski definition) is 0. The summed E-state index contributed by atoms with van der Waals surface area (Å²) < 4.78 is 10.6. The molecule has 0 N–H and O–H groups in total. The summed E-state index contributed by atoms with van der Waals surface area (Å²) in [5.74, 6) is 1.64. The van der Waals surface area contributed by atoms with Crippen LogP contribution >= 0.6 is 15.9 Å². The van der Waals surface area contributed by atoms with E-state index in [4.69, 9.17) is 9.47 Å². The molecule has 0 radical (unpaired) electrons. The van der Waals surface area contributed by atoms with Crippen LogP contribution in [0.5, 0.6) is 11.5 Å². The van der Waals surface area contributed by atoms with Crippen LogP contribution in [0.25, 0.3) is 0 Å². The minimum Gasteiger partial charge on any atom is -0.496 e. The van der Waals surface area contributed by atoms with E-state index in [1.54, 1.807) is 26.4 Å². The van der Waals surface area contributed by atoms with E-state index in [1.165, 1.54) is 0 Å². The van der Waals surface area contributed by atoms with E-state index in [2.05, 4.69) is 15.9 Å². The summed E-state index contributed by atoms with van der Waals surface area (Å²) in [6.07, 6.45) is 1.04. The Balaban J connectivity index is 2.28. The number of carbonyl (C=O) groups is 1. The summed E-state index contributed by atoms with van der Waals surface area (Å²) in [5.41, 5.74) is 0.516. The molecule has 4 nitrogen and oxygen atoms in total. The second-order valence-corrected chi connectivity index (χ2v) is 5.25. The molecule has 1 aliphatic heterocycles. The van der Waals surface area contributed by atoms with Gasteiger partial charge in [-0.25, -0.2) is 0 Å². The average Bonchev–Trinajstić information content (AvgIpc) is 2.94. The van der Waals surface area contributed by atoms with E-state index in [0.717, 1.165) is 24.8 Å². The molecular weight excluding hydrogens is 310 g/mol. The minimum absolute atomic E-state index is 0.0160. The first-order valence-corrected chi connectivity index (χ1v) is 7.39. The molecule has 1 aromatic carbocycles. The number of benzene rings is 1. The summed E-state index contributed by atoms with van der Waals surface area (Å²) in [7, 11) is 3.13. The second-order valence-electron chi connectivity index (χ2n) is 4.60. The van der Waals surface area contributed by atoms with E-state index < -0.39 is 0 Å². The van der Waals surface area contributed by atoms with Gasteiger partial charge in [0.05, 0.1) is 14.2 Å². The van der Waals surface area contributed by atoms with Crippen molar-refractivity contribution in [2.24, 2.45) is 5.92 Å².